The number of benzene rings is 1. The first-order valence-corrected chi connectivity index (χ1v) is 5.92. The van der Waals surface area contributed by atoms with Gasteiger partial charge in [0.05, 0.1) is 12.8 Å². The largest absolute Gasteiger partial charge is 0.504 e. The van der Waals surface area contributed by atoms with Crippen LogP contribution in [0.1, 0.15) is 11.3 Å². The molecule has 0 radical (unpaired) electrons. The second-order valence-corrected chi connectivity index (χ2v) is 3.90. The molecule has 96 valence electrons. The van der Waals surface area contributed by atoms with E-state index in [2.05, 4.69) is 4.98 Å². The Hall–Kier alpha value is -2.55. The molecule has 0 saturated carbocycles. The number of allylic oxidation sites excluding steroid dienone is 2. The van der Waals surface area contributed by atoms with Gasteiger partial charge < -0.3 is 9.84 Å². The van der Waals surface area contributed by atoms with Crippen molar-refractivity contribution in [1.82, 2.24) is 4.98 Å². The number of rotatable bonds is 4. The molecule has 0 saturated heterocycles. The lowest BCUT2D eigenvalue weighted by Gasteiger charge is -2.03. The zero-order valence-corrected chi connectivity index (χ0v) is 10.7. The van der Waals surface area contributed by atoms with Gasteiger partial charge in [0.25, 0.3) is 0 Å². The van der Waals surface area contributed by atoms with Crippen LogP contribution in [0.3, 0.4) is 0 Å². The predicted octanol–water partition coefficient (Wildman–Crippen LogP) is 3.52. The molecule has 0 aliphatic carbocycles. The topological polar surface area (TPSA) is 42.4 Å². The normalized spacial score (nSPS) is 11.2. The van der Waals surface area contributed by atoms with Crippen LogP contribution in [-0.4, -0.2) is 17.2 Å². The fourth-order valence-corrected chi connectivity index (χ4v) is 1.59. The van der Waals surface area contributed by atoms with Crippen molar-refractivity contribution in [2.75, 3.05) is 7.11 Å². The molecule has 1 heterocycles. The van der Waals surface area contributed by atoms with E-state index in [0.717, 1.165) is 11.3 Å². The Labute approximate surface area is 112 Å². The van der Waals surface area contributed by atoms with Crippen LogP contribution in [0, 0.1) is 0 Å². The smallest absolute Gasteiger partial charge is 0.161 e. The van der Waals surface area contributed by atoms with Gasteiger partial charge in [0.2, 0.25) is 0 Å². The van der Waals surface area contributed by atoms with Crippen LogP contribution in [0.25, 0.3) is 12.2 Å². The molecule has 3 nitrogen and oxygen atoms in total. The van der Waals surface area contributed by atoms with Crippen molar-refractivity contribution < 1.29 is 9.84 Å². The lowest BCUT2D eigenvalue weighted by atomic mass is 10.2. The first-order chi connectivity index (χ1) is 9.29. The van der Waals surface area contributed by atoms with Crippen LogP contribution >= 0.6 is 0 Å². The molecule has 1 aromatic heterocycles. The SMILES string of the molecule is COc1cc(C=CC=Cc2ccccn2)ccc1O. The van der Waals surface area contributed by atoms with Gasteiger partial charge in [0.1, 0.15) is 0 Å². The second kappa shape index (κ2) is 6.40. The molecule has 0 spiro atoms. The van der Waals surface area contributed by atoms with Crippen molar-refractivity contribution in [3.05, 3.63) is 66.0 Å². The highest BCUT2D eigenvalue weighted by Gasteiger charge is 1.99. The van der Waals surface area contributed by atoms with E-state index in [1.807, 2.05) is 48.6 Å². The minimum atomic E-state index is 0.142. The quantitative estimate of drug-likeness (QED) is 0.848. The highest BCUT2D eigenvalue weighted by Crippen LogP contribution is 2.26. The number of phenols is 1. The Morgan fingerprint density at radius 2 is 1.95 bits per heavy atom. The van der Waals surface area contributed by atoms with Crippen molar-refractivity contribution >= 4 is 12.2 Å². The first kappa shape index (κ1) is 12.9. The summed E-state index contributed by atoms with van der Waals surface area (Å²) in [5.74, 6) is 0.611. The van der Waals surface area contributed by atoms with Gasteiger partial charge in [0.15, 0.2) is 11.5 Å². The lowest BCUT2D eigenvalue weighted by Crippen LogP contribution is -1.83. The summed E-state index contributed by atoms with van der Waals surface area (Å²) in [6.07, 6.45) is 9.45. The first-order valence-electron chi connectivity index (χ1n) is 5.92. The zero-order chi connectivity index (χ0) is 13.5. The van der Waals surface area contributed by atoms with Crippen LogP contribution < -0.4 is 4.74 Å². The number of aromatic hydroxyl groups is 1. The van der Waals surface area contributed by atoms with E-state index in [1.165, 1.54) is 7.11 Å². The van der Waals surface area contributed by atoms with Crippen LogP contribution in [-0.2, 0) is 0 Å². The van der Waals surface area contributed by atoms with Gasteiger partial charge >= 0.3 is 0 Å². The van der Waals surface area contributed by atoms with Crippen molar-refractivity contribution in [3.63, 3.8) is 0 Å². The number of phenolic OH excluding ortho intramolecular Hbond substituents is 1. The lowest BCUT2D eigenvalue weighted by molar-refractivity contribution is 0.373. The summed E-state index contributed by atoms with van der Waals surface area (Å²) in [5.41, 5.74) is 1.87. The Kier molecular flexibility index (Phi) is 4.34. The van der Waals surface area contributed by atoms with Crippen molar-refractivity contribution in [1.29, 1.82) is 0 Å². The summed E-state index contributed by atoms with van der Waals surface area (Å²) in [6, 6.07) is 11.0. The molecule has 0 unspecified atom stereocenters. The number of nitrogens with zero attached hydrogens (tertiary/aromatic N) is 1. The minimum absolute atomic E-state index is 0.142. The zero-order valence-electron chi connectivity index (χ0n) is 10.7. The van der Waals surface area contributed by atoms with Gasteiger partial charge in [-0.15, -0.1) is 0 Å². The highest BCUT2D eigenvalue weighted by atomic mass is 16.5. The standard InChI is InChI=1S/C16H15NO2/c1-19-16-12-13(9-10-15(16)18)6-2-3-7-14-8-4-5-11-17-14/h2-12,18H,1H3. The van der Waals surface area contributed by atoms with E-state index in [1.54, 1.807) is 18.3 Å². The number of ether oxygens (including phenoxy) is 1. The third-order valence-corrected chi connectivity index (χ3v) is 2.56. The molecule has 0 aliphatic rings. The van der Waals surface area contributed by atoms with Gasteiger partial charge in [-0.1, -0.05) is 30.4 Å². The summed E-state index contributed by atoms with van der Waals surface area (Å²) < 4.78 is 5.05. The maximum absolute atomic E-state index is 9.48. The van der Waals surface area contributed by atoms with E-state index in [4.69, 9.17) is 4.74 Å². The number of methoxy groups -OCH3 is 1. The summed E-state index contributed by atoms with van der Waals surface area (Å²) in [4.78, 5) is 4.19. The van der Waals surface area contributed by atoms with E-state index < -0.39 is 0 Å². The molecular formula is C16H15NO2. The number of hydrogen-bond acceptors (Lipinski definition) is 3. The molecule has 2 rings (SSSR count). The van der Waals surface area contributed by atoms with Gasteiger partial charge in [-0.3, -0.25) is 4.98 Å². The fourth-order valence-electron chi connectivity index (χ4n) is 1.59. The molecule has 3 heteroatoms. The molecule has 0 fully saturated rings. The molecule has 0 atom stereocenters. The minimum Gasteiger partial charge on any atom is -0.504 e. The van der Waals surface area contributed by atoms with Gasteiger partial charge in [-0.25, -0.2) is 0 Å². The highest BCUT2D eigenvalue weighted by molar-refractivity contribution is 5.58. The molecular weight excluding hydrogens is 238 g/mol. The third kappa shape index (κ3) is 3.71. The van der Waals surface area contributed by atoms with Crippen molar-refractivity contribution in [3.8, 4) is 11.5 Å². The van der Waals surface area contributed by atoms with Crippen LogP contribution in [0.2, 0.25) is 0 Å². The second-order valence-electron chi connectivity index (χ2n) is 3.90. The predicted molar refractivity (Wildman–Crippen MR) is 77.0 cm³/mol. The maximum atomic E-state index is 9.48. The van der Waals surface area contributed by atoms with Crippen molar-refractivity contribution in [2.45, 2.75) is 0 Å². The Balaban J connectivity index is 2.05. The van der Waals surface area contributed by atoms with E-state index in [9.17, 15) is 5.11 Å². The van der Waals surface area contributed by atoms with Gasteiger partial charge in [-0.05, 0) is 35.9 Å². The van der Waals surface area contributed by atoms with E-state index in [-0.39, 0.29) is 5.75 Å². The average Bonchev–Trinajstić information content (AvgIpc) is 2.46. The summed E-state index contributed by atoms with van der Waals surface area (Å²) in [7, 11) is 1.53. The van der Waals surface area contributed by atoms with Crippen LogP contribution in [0.5, 0.6) is 11.5 Å². The number of pyridine rings is 1. The maximum Gasteiger partial charge on any atom is 0.161 e. The molecule has 0 aliphatic heterocycles. The van der Waals surface area contributed by atoms with E-state index >= 15 is 0 Å². The summed E-state index contributed by atoms with van der Waals surface area (Å²) in [5, 5.41) is 9.48. The third-order valence-electron chi connectivity index (χ3n) is 2.56. The summed E-state index contributed by atoms with van der Waals surface area (Å²) in [6.45, 7) is 0. The number of hydrogen-bond donors (Lipinski definition) is 1. The van der Waals surface area contributed by atoms with E-state index in [0.29, 0.717) is 5.75 Å². The molecule has 19 heavy (non-hydrogen) atoms. The molecule has 0 amide bonds. The Bertz CT molecular complexity index is 589. The average molecular weight is 253 g/mol. The Morgan fingerprint density at radius 1 is 1.11 bits per heavy atom. The van der Waals surface area contributed by atoms with Crippen LogP contribution in [0.4, 0.5) is 0 Å². The summed E-state index contributed by atoms with van der Waals surface area (Å²) >= 11 is 0. The number of aromatic nitrogens is 1. The fraction of sp³-hybridized carbons (Fsp3) is 0.0625. The van der Waals surface area contributed by atoms with Gasteiger partial charge in [-0.2, -0.15) is 0 Å². The molecule has 1 N–H and O–H groups in total. The Morgan fingerprint density at radius 3 is 2.68 bits per heavy atom. The molecule has 2 aromatic rings. The van der Waals surface area contributed by atoms with Gasteiger partial charge in [0, 0.05) is 6.20 Å². The molecule has 1 aromatic carbocycles. The monoisotopic (exact) mass is 253 g/mol. The van der Waals surface area contributed by atoms with Crippen molar-refractivity contribution in [2.24, 2.45) is 0 Å². The van der Waals surface area contributed by atoms with Crippen LogP contribution in [0.15, 0.2) is 54.7 Å². The molecule has 0 bridgehead atoms.